The van der Waals surface area contributed by atoms with Crippen LogP contribution in [0.15, 0.2) is 17.1 Å². The number of morpholine rings is 1. The number of aliphatic imine (C=N–C) groups is 1. The maximum atomic E-state index is 13.9. The Labute approximate surface area is 202 Å². The summed E-state index contributed by atoms with van der Waals surface area (Å²) in [6, 6.07) is 3.46. The number of nitrogens with one attached hydrogen (secondary N) is 2. The summed E-state index contributed by atoms with van der Waals surface area (Å²) in [6.07, 6.45) is 1.76. The average molecular weight is 550 g/mol. The molecule has 1 saturated heterocycles. The van der Waals surface area contributed by atoms with Crippen LogP contribution in [-0.4, -0.2) is 70.1 Å². The molecule has 176 valence electrons. The summed E-state index contributed by atoms with van der Waals surface area (Å²) < 4.78 is 30.3. The van der Waals surface area contributed by atoms with Gasteiger partial charge in [-0.1, -0.05) is 13.8 Å². The fourth-order valence-corrected chi connectivity index (χ4v) is 4.04. The highest BCUT2D eigenvalue weighted by molar-refractivity contribution is 14.0. The van der Waals surface area contributed by atoms with E-state index in [4.69, 9.17) is 14.2 Å². The Morgan fingerprint density at radius 3 is 2.68 bits per heavy atom. The lowest BCUT2D eigenvalue weighted by Crippen LogP contribution is -2.51. The van der Waals surface area contributed by atoms with E-state index in [-0.39, 0.29) is 36.6 Å². The average Bonchev–Trinajstić information content (AvgIpc) is 2.75. The summed E-state index contributed by atoms with van der Waals surface area (Å²) in [5.41, 5.74) is 1.61. The van der Waals surface area contributed by atoms with Crippen molar-refractivity contribution in [3.05, 3.63) is 29.1 Å². The van der Waals surface area contributed by atoms with Crippen molar-refractivity contribution in [2.24, 2.45) is 10.9 Å². The number of guanidine groups is 1. The second-order valence-corrected chi connectivity index (χ2v) is 8.23. The molecule has 2 heterocycles. The Balaban J connectivity index is 0.00000341. The molecule has 1 fully saturated rings. The molecule has 3 rings (SSSR count). The smallest absolute Gasteiger partial charge is 0.191 e. The lowest BCUT2D eigenvalue weighted by Gasteiger charge is -2.35. The molecule has 1 aromatic carbocycles. The van der Waals surface area contributed by atoms with Crippen LogP contribution in [-0.2, 0) is 22.5 Å². The van der Waals surface area contributed by atoms with E-state index in [1.807, 2.05) is 0 Å². The highest BCUT2D eigenvalue weighted by atomic mass is 127. The van der Waals surface area contributed by atoms with Crippen LogP contribution in [0.4, 0.5) is 4.39 Å². The SMILES string of the molecule is CN=C(NCCc1cc(F)cc2c1OCOC2)NCC(CC(C)C)N1CCOCC1.I. The summed E-state index contributed by atoms with van der Waals surface area (Å²) in [5.74, 6) is 1.86. The Morgan fingerprint density at radius 2 is 1.97 bits per heavy atom. The van der Waals surface area contributed by atoms with Gasteiger partial charge in [-0.2, -0.15) is 0 Å². The first kappa shape index (κ1) is 26.1. The zero-order valence-corrected chi connectivity index (χ0v) is 21.1. The van der Waals surface area contributed by atoms with Crippen LogP contribution in [0.3, 0.4) is 0 Å². The lowest BCUT2D eigenvalue weighted by molar-refractivity contribution is -0.0172. The molecule has 31 heavy (non-hydrogen) atoms. The minimum Gasteiger partial charge on any atom is -0.467 e. The Bertz CT molecular complexity index is 714. The van der Waals surface area contributed by atoms with Crippen molar-refractivity contribution >= 4 is 29.9 Å². The molecule has 1 atom stereocenters. The van der Waals surface area contributed by atoms with E-state index in [0.29, 0.717) is 31.5 Å². The summed E-state index contributed by atoms with van der Waals surface area (Å²) in [5, 5.41) is 6.81. The molecule has 2 N–H and O–H groups in total. The number of hydrogen-bond donors (Lipinski definition) is 2. The fraction of sp³-hybridized carbons (Fsp3) is 0.682. The predicted molar refractivity (Wildman–Crippen MR) is 131 cm³/mol. The predicted octanol–water partition coefficient (Wildman–Crippen LogP) is 2.76. The Hall–Kier alpha value is -1.17. The van der Waals surface area contributed by atoms with Crippen LogP contribution < -0.4 is 15.4 Å². The molecular weight excluding hydrogens is 514 g/mol. The van der Waals surface area contributed by atoms with Crippen molar-refractivity contribution in [1.82, 2.24) is 15.5 Å². The number of nitrogens with zero attached hydrogens (tertiary/aromatic N) is 2. The zero-order chi connectivity index (χ0) is 21.3. The maximum absolute atomic E-state index is 13.9. The minimum atomic E-state index is -0.262. The standard InChI is InChI=1S/C22H35FN4O3.HI/c1-16(2)10-20(27-6-8-28-9-7-27)13-26-22(24-3)25-5-4-17-11-19(23)12-18-14-29-15-30-21(17)18;/h11-12,16,20H,4-10,13-15H2,1-3H3,(H2,24,25,26);1H. The van der Waals surface area contributed by atoms with Gasteiger partial charge in [0.25, 0.3) is 0 Å². The molecule has 0 amide bonds. The van der Waals surface area contributed by atoms with Gasteiger partial charge in [-0.25, -0.2) is 4.39 Å². The van der Waals surface area contributed by atoms with Gasteiger partial charge in [0.15, 0.2) is 12.8 Å². The van der Waals surface area contributed by atoms with Gasteiger partial charge >= 0.3 is 0 Å². The Morgan fingerprint density at radius 1 is 1.19 bits per heavy atom. The number of fused-ring (bicyclic) bond motifs is 1. The van der Waals surface area contributed by atoms with Crippen LogP contribution in [0.5, 0.6) is 5.75 Å². The summed E-state index contributed by atoms with van der Waals surface area (Å²) in [4.78, 5) is 6.85. The van der Waals surface area contributed by atoms with Gasteiger partial charge in [-0.05, 0) is 36.5 Å². The molecule has 2 aliphatic rings. The number of ether oxygens (including phenoxy) is 3. The van der Waals surface area contributed by atoms with E-state index in [2.05, 4.69) is 34.4 Å². The van der Waals surface area contributed by atoms with Crippen LogP contribution in [0.25, 0.3) is 0 Å². The highest BCUT2D eigenvalue weighted by Crippen LogP contribution is 2.29. The number of halogens is 2. The molecule has 7 nitrogen and oxygen atoms in total. The van der Waals surface area contributed by atoms with Crippen molar-refractivity contribution in [2.45, 2.75) is 39.3 Å². The van der Waals surface area contributed by atoms with E-state index >= 15 is 0 Å². The first-order valence-corrected chi connectivity index (χ1v) is 10.8. The van der Waals surface area contributed by atoms with Crippen molar-refractivity contribution < 1.29 is 18.6 Å². The third-order valence-corrected chi connectivity index (χ3v) is 5.47. The first-order chi connectivity index (χ1) is 14.6. The summed E-state index contributed by atoms with van der Waals surface area (Å²) in [7, 11) is 1.77. The van der Waals surface area contributed by atoms with Gasteiger partial charge in [-0.3, -0.25) is 9.89 Å². The molecule has 1 unspecified atom stereocenters. The molecule has 0 aliphatic carbocycles. The maximum Gasteiger partial charge on any atom is 0.191 e. The quantitative estimate of drug-likeness (QED) is 0.295. The van der Waals surface area contributed by atoms with Crippen LogP contribution in [0, 0.1) is 11.7 Å². The topological polar surface area (TPSA) is 67.4 Å². The highest BCUT2D eigenvalue weighted by Gasteiger charge is 2.22. The fourth-order valence-electron chi connectivity index (χ4n) is 4.04. The van der Waals surface area contributed by atoms with Gasteiger partial charge < -0.3 is 24.8 Å². The van der Waals surface area contributed by atoms with Crippen molar-refractivity contribution in [3.63, 3.8) is 0 Å². The van der Waals surface area contributed by atoms with E-state index in [9.17, 15) is 4.39 Å². The molecule has 0 spiro atoms. The van der Waals surface area contributed by atoms with Gasteiger partial charge in [-0.15, -0.1) is 24.0 Å². The summed E-state index contributed by atoms with van der Waals surface area (Å²) >= 11 is 0. The minimum absolute atomic E-state index is 0. The Kier molecular flexibility index (Phi) is 11.3. The monoisotopic (exact) mass is 550 g/mol. The van der Waals surface area contributed by atoms with Crippen LogP contribution in [0.2, 0.25) is 0 Å². The molecule has 0 aromatic heterocycles. The normalized spacial score (nSPS) is 18.0. The van der Waals surface area contributed by atoms with E-state index in [1.165, 1.54) is 6.07 Å². The third kappa shape index (κ3) is 8.03. The van der Waals surface area contributed by atoms with Gasteiger partial charge in [0, 0.05) is 44.8 Å². The second-order valence-electron chi connectivity index (χ2n) is 8.23. The molecule has 9 heteroatoms. The lowest BCUT2D eigenvalue weighted by atomic mass is 10.0. The number of hydrogen-bond acceptors (Lipinski definition) is 5. The molecule has 2 aliphatic heterocycles. The van der Waals surface area contributed by atoms with Gasteiger partial charge in [0.1, 0.15) is 11.6 Å². The largest absolute Gasteiger partial charge is 0.467 e. The number of benzene rings is 1. The molecule has 0 saturated carbocycles. The molecular formula is C22H36FIN4O3. The van der Waals surface area contributed by atoms with Crippen molar-refractivity contribution in [1.29, 1.82) is 0 Å². The van der Waals surface area contributed by atoms with E-state index < -0.39 is 0 Å². The van der Waals surface area contributed by atoms with E-state index in [1.54, 1.807) is 13.1 Å². The van der Waals surface area contributed by atoms with Crippen molar-refractivity contribution in [2.75, 3.05) is 53.2 Å². The molecule has 0 radical (unpaired) electrons. The summed E-state index contributed by atoms with van der Waals surface area (Å²) in [6.45, 7) is 10.1. The van der Waals surface area contributed by atoms with Gasteiger partial charge in [0.05, 0.1) is 19.8 Å². The van der Waals surface area contributed by atoms with Crippen LogP contribution in [0.1, 0.15) is 31.4 Å². The van der Waals surface area contributed by atoms with Crippen LogP contribution >= 0.6 is 24.0 Å². The van der Waals surface area contributed by atoms with Crippen molar-refractivity contribution in [3.8, 4) is 5.75 Å². The zero-order valence-electron chi connectivity index (χ0n) is 18.8. The molecule has 0 bridgehead atoms. The first-order valence-electron chi connectivity index (χ1n) is 10.8. The van der Waals surface area contributed by atoms with E-state index in [0.717, 1.165) is 62.1 Å². The second kappa shape index (κ2) is 13.4. The third-order valence-electron chi connectivity index (χ3n) is 5.47. The number of rotatable bonds is 8. The molecule has 1 aromatic rings. The van der Waals surface area contributed by atoms with Gasteiger partial charge in [0.2, 0.25) is 0 Å².